The highest BCUT2D eigenvalue weighted by Crippen LogP contribution is 2.15. The SMILES string of the molecule is CCc1ccc(CCOc2ccc(CC(NC(=O)N(C)c3ccccc3)C(=O)O)cc2)nc1. The first kappa shape index (κ1) is 23.8. The maximum absolute atomic E-state index is 12.5. The van der Waals surface area contributed by atoms with Crippen LogP contribution in [0.1, 0.15) is 23.7 Å². The van der Waals surface area contributed by atoms with Gasteiger partial charge in [-0.05, 0) is 47.9 Å². The van der Waals surface area contributed by atoms with E-state index < -0.39 is 18.0 Å². The van der Waals surface area contributed by atoms with Gasteiger partial charge >= 0.3 is 12.0 Å². The summed E-state index contributed by atoms with van der Waals surface area (Å²) >= 11 is 0. The average molecular weight is 448 g/mol. The molecule has 2 N–H and O–H groups in total. The van der Waals surface area contributed by atoms with Crippen LogP contribution >= 0.6 is 0 Å². The number of nitrogens with one attached hydrogen (secondary N) is 1. The smallest absolute Gasteiger partial charge is 0.326 e. The summed E-state index contributed by atoms with van der Waals surface area (Å²) in [6, 6.07) is 18.8. The average Bonchev–Trinajstić information content (AvgIpc) is 2.85. The number of carbonyl (C=O) groups is 2. The number of para-hydroxylation sites is 1. The Kier molecular flexibility index (Phi) is 8.41. The summed E-state index contributed by atoms with van der Waals surface area (Å²) in [5, 5.41) is 12.2. The van der Waals surface area contributed by atoms with E-state index in [0.29, 0.717) is 24.5 Å². The summed E-state index contributed by atoms with van der Waals surface area (Å²) in [5.74, 6) is -0.393. The molecule has 0 saturated heterocycles. The molecule has 1 unspecified atom stereocenters. The van der Waals surface area contributed by atoms with Crippen molar-refractivity contribution in [3.05, 3.63) is 89.7 Å². The lowest BCUT2D eigenvalue weighted by atomic mass is 10.1. The van der Waals surface area contributed by atoms with Crippen LogP contribution in [-0.2, 0) is 24.1 Å². The molecule has 33 heavy (non-hydrogen) atoms. The number of benzene rings is 2. The molecule has 7 nitrogen and oxygen atoms in total. The molecule has 0 saturated carbocycles. The van der Waals surface area contributed by atoms with Gasteiger partial charge in [0.1, 0.15) is 11.8 Å². The molecule has 3 rings (SSSR count). The number of carboxylic acids is 1. The van der Waals surface area contributed by atoms with Crippen molar-refractivity contribution in [3.63, 3.8) is 0 Å². The number of hydrogen-bond acceptors (Lipinski definition) is 4. The van der Waals surface area contributed by atoms with E-state index in [4.69, 9.17) is 4.74 Å². The van der Waals surface area contributed by atoms with Gasteiger partial charge in [-0.3, -0.25) is 9.88 Å². The highest BCUT2D eigenvalue weighted by molar-refractivity contribution is 5.94. The third-order valence-electron chi connectivity index (χ3n) is 5.33. The van der Waals surface area contributed by atoms with Gasteiger partial charge in [-0.25, -0.2) is 9.59 Å². The molecule has 3 aromatic rings. The van der Waals surface area contributed by atoms with Crippen LogP contribution in [0, 0.1) is 0 Å². The van der Waals surface area contributed by atoms with Crippen LogP contribution in [0.3, 0.4) is 0 Å². The second-order valence-corrected chi connectivity index (χ2v) is 7.69. The molecule has 7 heteroatoms. The van der Waals surface area contributed by atoms with Crippen molar-refractivity contribution in [1.82, 2.24) is 10.3 Å². The van der Waals surface area contributed by atoms with Gasteiger partial charge in [-0.15, -0.1) is 0 Å². The molecule has 1 atom stereocenters. The lowest BCUT2D eigenvalue weighted by molar-refractivity contribution is -0.139. The summed E-state index contributed by atoms with van der Waals surface area (Å²) in [7, 11) is 1.60. The molecule has 0 aliphatic rings. The van der Waals surface area contributed by atoms with Gasteiger partial charge in [0, 0.05) is 37.5 Å². The van der Waals surface area contributed by atoms with Gasteiger partial charge in [-0.2, -0.15) is 0 Å². The van der Waals surface area contributed by atoms with E-state index in [-0.39, 0.29) is 6.42 Å². The van der Waals surface area contributed by atoms with Crippen LogP contribution < -0.4 is 15.0 Å². The molecule has 2 aromatic carbocycles. The van der Waals surface area contributed by atoms with Crippen molar-refractivity contribution in [2.75, 3.05) is 18.6 Å². The predicted octanol–water partition coefficient (Wildman–Crippen LogP) is 4.11. The lowest BCUT2D eigenvalue weighted by Crippen LogP contribution is -2.47. The van der Waals surface area contributed by atoms with Crippen LogP contribution in [0.2, 0.25) is 0 Å². The Hall–Kier alpha value is -3.87. The van der Waals surface area contributed by atoms with E-state index in [1.807, 2.05) is 42.6 Å². The summed E-state index contributed by atoms with van der Waals surface area (Å²) < 4.78 is 5.79. The number of rotatable bonds is 10. The van der Waals surface area contributed by atoms with E-state index in [1.54, 1.807) is 31.3 Å². The van der Waals surface area contributed by atoms with Crippen LogP contribution in [0.5, 0.6) is 5.75 Å². The number of aliphatic carboxylic acids is 1. The Morgan fingerprint density at radius 1 is 1.03 bits per heavy atom. The number of aromatic nitrogens is 1. The molecule has 2 amide bonds. The number of aryl methyl sites for hydroxylation is 1. The minimum Gasteiger partial charge on any atom is -0.493 e. The van der Waals surface area contributed by atoms with E-state index in [1.165, 1.54) is 10.5 Å². The normalized spacial score (nSPS) is 11.5. The Bertz CT molecular complexity index is 1040. The van der Waals surface area contributed by atoms with Crippen molar-refractivity contribution in [1.29, 1.82) is 0 Å². The van der Waals surface area contributed by atoms with Crippen molar-refractivity contribution in [2.24, 2.45) is 0 Å². The molecule has 0 radical (unpaired) electrons. The van der Waals surface area contributed by atoms with Crippen LogP contribution in [0.25, 0.3) is 0 Å². The number of anilines is 1. The summed E-state index contributed by atoms with van der Waals surface area (Å²) in [6.45, 7) is 2.59. The van der Waals surface area contributed by atoms with Crippen LogP contribution in [-0.4, -0.2) is 41.8 Å². The van der Waals surface area contributed by atoms with E-state index in [9.17, 15) is 14.7 Å². The molecule has 0 aliphatic carbocycles. The quantitative estimate of drug-likeness (QED) is 0.488. The van der Waals surface area contributed by atoms with Gasteiger partial charge in [0.15, 0.2) is 0 Å². The zero-order chi connectivity index (χ0) is 23.6. The van der Waals surface area contributed by atoms with Crippen molar-refractivity contribution in [2.45, 2.75) is 32.2 Å². The van der Waals surface area contributed by atoms with Crippen molar-refractivity contribution in [3.8, 4) is 5.75 Å². The summed E-state index contributed by atoms with van der Waals surface area (Å²) in [6.07, 6.45) is 3.72. The first-order valence-corrected chi connectivity index (χ1v) is 10.9. The predicted molar refractivity (Wildman–Crippen MR) is 128 cm³/mol. The van der Waals surface area contributed by atoms with Gasteiger partial charge in [-0.1, -0.05) is 43.3 Å². The van der Waals surface area contributed by atoms with Crippen LogP contribution in [0.4, 0.5) is 10.5 Å². The monoisotopic (exact) mass is 447 g/mol. The van der Waals surface area contributed by atoms with Gasteiger partial charge in [0.2, 0.25) is 0 Å². The molecule has 0 bridgehead atoms. The molecule has 172 valence electrons. The van der Waals surface area contributed by atoms with Gasteiger partial charge in [0.25, 0.3) is 0 Å². The van der Waals surface area contributed by atoms with Gasteiger partial charge in [0.05, 0.1) is 6.61 Å². The number of ether oxygens (including phenoxy) is 1. The van der Waals surface area contributed by atoms with Crippen molar-refractivity contribution >= 4 is 17.7 Å². The third-order valence-corrected chi connectivity index (χ3v) is 5.33. The first-order valence-electron chi connectivity index (χ1n) is 10.9. The molecule has 0 fully saturated rings. The minimum absolute atomic E-state index is 0.164. The standard InChI is InChI=1S/C26H29N3O4/c1-3-19-9-12-21(27-18-19)15-16-33-23-13-10-20(11-14-23)17-24(25(30)31)28-26(32)29(2)22-7-5-4-6-8-22/h4-14,18,24H,3,15-17H2,1-2H3,(H,28,32)(H,30,31). The second kappa shape index (κ2) is 11.7. The van der Waals surface area contributed by atoms with Gasteiger partial charge < -0.3 is 15.2 Å². The third kappa shape index (κ3) is 7.07. The molecule has 1 aromatic heterocycles. The van der Waals surface area contributed by atoms with E-state index in [0.717, 1.165) is 17.7 Å². The molecule has 0 spiro atoms. The highest BCUT2D eigenvalue weighted by Gasteiger charge is 2.22. The molecule has 0 aliphatic heterocycles. The Balaban J connectivity index is 1.51. The zero-order valence-electron chi connectivity index (χ0n) is 18.9. The molecular formula is C26H29N3O4. The maximum atomic E-state index is 12.5. The lowest BCUT2D eigenvalue weighted by Gasteiger charge is -2.21. The topological polar surface area (TPSA) is 91.8 Å². The number of urea groups is 1. The largest absolute Gasteiger partial charge is 0.493 e. The Morgan fingerprint density at radius 2 is 1.73 bits per heavy atom. The fraction of sp³-hybridized carbons (Fsp3) is 0.269. The zero-order valence-corrected chi connectivity index (χ0v) is 18.9. The van der Waals surface area contributed by atoms with Crippen LogP contribution in [0.15, 0.2) is 72.9 Å². The number of carboxylic acid groups (broad SMARTS) is 1. The first-order chi connectivity index (χ1) is 16.0. The number of pyridine rings is 1. The highest BCUT2D eigenvalue weighted by atomic mass is 16.5. The van der Waals surface area contributed by atoms with Crippen molar-refractivity contribution < 1.29 is 19.4 Å². The Morgan fingerprint density at radius 3 is 2.33 bits per heavy atom. The number of nitrogens with zero attached hydrogens (tertiary/aromatic N) is 2. The van der Waals surface area contributed by atoms with E-state index in [2.05, 4.69) is 23.3 Å². The molecule has 1 heterocycles. The number of carbonyl (C=O) groups excluding carboxylic acids is 1. The number of amides is 2. The van der Waals surface area contributed by atoms with E-state index >= 15 is 0 Å². The minimum atomic E-state index is -1.09. The number of hydrogen-bond donors (Lipinski definition) is 2. The second-order valence-electron chi connectivity index (χ2n) is 7.69. The molecular weight excluding hydrogens is 418 g/mol. The fourth-order valence-corrected chi connectivity index (χ4v) is 3.26. The Labute approximate surface area is 194 Å². The summed E-state index contributed by atoms with van der Waals surface area (Å²) in [4.78, 5) is 30.0. The summed E-state index contributed by atoms with van der Waals surface area (Å²) in [5.41, 5.74) is 3.65. The fourth-order valence-electron chi connectivity index (χ4n) is 3.26. The maximum Gasteiger partial charge on any atom is 0.326 e.